The zero-order chi connectivity index (χ0) is 25.7. The zero-order valence-electron chi connectivity index (χ0n) is 20.4. The van der Waals surface area contributed by atoms with E-state index in [1.54, 1.807) is 54.6 Å². The molecular weight excluding hydrogens is 490 g/mol. The second kappa shape index (κ2) is 11.1. The minimum Gasteiger partial charge on any atom is -0.312 e. The van der Waals surface area contributed by atoms with E-state index < -0.39 is 15.9 Å². The van der Waals surface area contributed by atoms with E-state index in [4.69, 9.17) is 0 Å². The van der Waals surface area contributed by atoms with Gasteiger partial charge in [-0.2, -0.15) is 4.99 Å². The molecule has 0 spiro atoms. The molecule has 0 fully saturated rings. The molecule has 0 aliphatic heterocycles. The SMILES string of the molecule is C=CCn1c(=NC(=O)c2ccc(NS(=O)(=O)c3ccc(C)cc3)cc2)sc2cc(CCCC)ccc21. The van der Waals surface area contributed by atoms with Gasteiger partial charge in [0.25, 0.3) is 15.9 Å². The number of aryl methyl sites for hydroxylation is 2. The van der Waals surface area contributed by atoms with Crippen molar-refractivity contribution >= 4 is 43.2 Å². The van der Waals surface area contributed by atoms with Crippen LogP contribution in [0, 0.1) is 6.92 Å². The Morgan fingerprint density at radius 3 is 2.47 bits per heavy atom. The van der Waals surface area contributed by atoms with Crippen LogP contribution >= 0.6 is 11.3 Å². The van der Waals surface area contributed by atoms with E-state index in [1.165, 1.54) is 16.9 Å². The molecule has 0 saturated heterocycles. The Bertz CT molecular complexity index is 1560. The standard InChI is InChI=1S/C28H29N3O3S2/c1-4-6-7-21-10-17-25-26(19-21)35-28(31(25)18-5-2)29-27(32)22-11-13-23(14-12-22)30-36(33,34)24-15-8-20(3)9-16-24/h5,8-17,19,30H,2,4,6-7,18H2,1,3H3. The summed E-state index contributed by atoms with van der Waals surface area (Å²) in [6.07, 6.45) is 5.09. The zero-order valence-corrected chi connectivity index (χ0v) is 22.0. The number of hydrogen-bond acceptors (Lipinski definition) is 4. The maximum atomic E-state index is 13.0. The fourth-order valence-corrected chi connectivity index (χ4v) is 5.97. The molecule has 0 bridgehead atoms. The van der Waals surface area contributed by atoms with Crippen molar-refractivity contribution in [3.8, 4) is 0 Å². The predicted octanol–water partition coefficient (Wildman–Crippen LogP) is 6.08. The fraction of sp³-hybridized carbons (Fsp3) is 0.214. The minimum absolute atomic E-state index is 0.178. The fourth-order valence-electron chi connectivity index (χ4n) is 3.81. The van der Waals surface area contributed by atoms with Crippen LogP contribution in [0.1, 0.15) is 41.3 Å². The summed E-state index contributed by atoms with van der Waals surface area (Å²) in [6, 6.07) is 19.3. The molecule has 4 aromatic rings. The smallest absolute Gasteiger partial charge is 0.279 e. The van der Waals surface area contributed by atoms with Gasteiger partial charge < -0.3 is 4.57 Å². The van der Waals surface area contributed by atoms with Crippen molar-refractivity contribution in [3.63, 3.8) is 0 Å². The Morgan fingerprint density at radius 2 is 1.81 bits per heavy atom. The number of thiazole rings is 1. The summed E-state index contributed by atoms with van der Waals surface area (Å²) in [4.78, 5) is 18.1. The van der Waals surface area contributed by atoms with Crippen LogP contribution in [0.15, 0.2) is 89.3 Å². The molecule has 0 saturated carbocycles. The van der Waals surface area contributed by atoms with Crippen LogP contribution in [-0.4, -0.2) is 18.9 Å². The van der Waals surface area contributed by atoms with Crippen molar-refractivity contribution in [3.05, 3.63) is 101 Å². The monoisotopic (exact) mass is 519 g/mol. The summed E-state index contributed by atoms with van der Waals surface area (Å²) in [6.45, 7) is 8.46. The van der Waals surface area contributed by atoms with E-state index in [1.807, 2.05) is 11.5 Å². The topological polar surface area (TPSA) is 80.5 Å². The second-order valence-corrected chi connectivity index (χ2v) is 11.3. The van der Waals surface area contributed by atoms with Gasteiger partial charge in [-0.15, -0.1) is 6.58 Å². The average Bonchev–Trinajstić information content (AvgIpc) is 3.19. The molecule has 0 aliphatic carbocycles. The van der Waals surface area contributed by atoms with Crippen molar-refractivity contribution in [2.75, 3.05) is 4.72 Å². The highest BCUT2D eigenvalue weighted by atomic mass is 32.2. The third-order valence-corrected chi connectivity index (χ3v) is 8.23. The van der Waals surface area contributed by atoms with Crippen LogP contribution < -0.4 is 9.52 Å². The van der Waals surface area contributed by atoms with Gasteiger partial charge in [0.05, 0.1) is 15.1 Å². The molecule has 0 unspecified atom stereocenters. The van der Waals surface area contributed by atoms with Gasteiger partial charge in [-0.25, -0.2) is 8.42 Å². The summed E-state index contributed by atoms with van der Waals surface area (Å²) in [5, 5.41) is 0. The molecule has 1 aromatic heterocycles. The highest BCUT2D eigenvalue weighted by Gasteiger charge is 2.15. The van der Waals surface area contributed by atoms with Gasteiger partial charge in [0, 0.05) is 17.8 Å². The van der Waals surface area contributed by atoms with Crippen LogP contribution in [0.5, 0.6) is 0 Å². The van der Waals surface area contributed by atoms with Gasteiger partial charge in [0.2, 0.25) is 0 Å². The van der Waals surface area contributed by atoms with Crippen LogP contribution in [0.2, 0.25) is 0 Å². The number of aromatic nitrogens is 1. The first-order valence-electron chi connectivity index (χ1n) is 11.8. The molecular formula is C28H29N3O3S2. The molecule has 1 N–H and O–H groups in total. The Hall–Kier alpha value is -3.49. The Morgan fingerprint density at radius 1 is 1.08 bits per heavy atom. The first-order chi connectivity index (χ1) is 17.3. The Kier molecular flexibility index (Phi) is 7.86. The number of anilines is 1. The molecule has 8 heteroatoms. The maximum Gasteiger partial charge on any atom is 0.279 e. The van der Waals surface area contributed by atoms with Crippen molar-refractivity contribution in [1.29, 1.82) is 0 Å². The number of allylic oxidation sites excluding steroid dienone is 1. The summed E-state index contributed by atoms with van der Waals surface area (Å²) in [5.41, 5.74) is 4.02. The number of hydrogen-bond donors (Lipinski definition) is 1. The molecule has 36 heavy (non-hydrogen) atoms. The molecule has 1 heterocycles. The number of sulfonamides is 1. The lowest BCUT2D eigenvalue weighted by molar-refractivity contribution is 0.0998. The number of fused-ring (bicyclic) bond motifs is 1. The van der Waals surface area contributed by atoms with Crippen LogP contribution in [0.3, 0.4) is 0 Å². The molecule has 186 valence electrons. The van der Waals surface area contributed by atoms with E-state index in [2.05, 4.69) is 41.4 Å². The molecule has 6 nitrogen and oxygen atoms in total. The molecule has 0 aliphatic rings. The van der Waals surface area contributed by atoms with E-state index in [9.17, 15) is 13.2 Å². The largest absolute Gasteiger partial charge is 0.312 e. The molecule has 0 radical (unpaired) electrons. The average molecular weight is 520 g/mol. The third kappa shape index (κ3) is 5.83. The predicted molar refractivity (Wildman–Crippen MR) is 147 cm³/mol. The summed E-state index contributed by atoms with van der Waals surface area (Å²) in [5.74, 6) is -0.390. The molecule has 0 atom stereocenters. The van der Waals surface area contributed by atoms with Crippen molar-refractivity contribution in [1.82, 2.24) is 4.57 Å². The summed E-state index contributed by atoms with van der Waals surface area (Å²) in [7, 11) is -3.72. The Labute approximate surface area is 215 Å². The lowest BCUT2D eigenvalue weighted by Gasteiger charge is -2.08. The summed E-state index contributed by atoms with van der Waals surface area (Å²) < 4.78 is 30.9. The Balaban J connectivity index is 1.59. The number of nitrogens with zero attached hydrogens (tertiary/aromatic N) is 2. The van der Waals surface area contributed by atoms with E-state index >= 15 is 0 Å². The summed E-state index contributed by atoms with van der Waals surface area (Å²) >= 11 is 1.48. The maximum absolute atomic E-state index is 13.0. The lowest BCUT2D eigenvalue weighted by Crippen LogP contribution is -2.16. The van der Waals surface area contributed by atoms with Crippen LogP contribution in [-0.2, 0) is 23.0 Å². The van der Waals surface area contributed by atoms with Gasteiger partial charge in [-0.05, 0) is 73.9 Å². The van der Waals surface area contributed by atoms with Gasteiger partial charge in [0.15, 0.2) is 4.80 Å². The minimum atomic E-state index is -3.72. The highest BCUT2D eigenvalue weighted by Crippen LogP contribution is 2.21. The first kappa shape index (κ1) is 25.6. The lowest BCUT2D eigenvalue weighted by atomic mass is 10.1. The van der Waals surface area contributed by atoms with Gasteiger partial charge in [-0.1, -0.05) is 54.5 Å². The number of nitrogens with one attached hydrogen (secondary N) is 1. The number of benzene rings is 3. The van der Waals surface area contributed by atoms with Crippen molar-refractivity contribution < 1.29 is 13.2 Å². The van der Waals surface area contributed by atoms with E-state index in [0.29, 0.717) is 22.6 Å². The van der Waals surface area contributed by atoms with E-state index in [-0.39, 0.29) is 4.90 Å². The normalized spacial score (nSPS) is 12.1. The first-order valence-corrected chi connectivity index (χ1v) is 14.1. The van der Waals surface area contributed by atoms with Crippen molar-refractivity contribution in [2.45, 2.75) is 44.6 Å². The molecule has 4 rings (SSSR count). The second-order valence-electron chi connectivity index (χ2n) is 8.60. The molecule has 1 amide bonds. The van der Waals surface area contributed by atoms with Crippen LogP contribution in [0.4, 0.5) is 5.69 Å². The number of carbonyl (C=O) groups is 1. The molecule has 3 aromatic carbocycles. The third-order valence-electron chi connectivity index (χ3n) is 5.79. The quantitative estimate of drug-likeness (QED) is 0.272. The number of carbonyl (C=O) groups excluding carboxylic acids is 1. The number of amides is 1. The van der Waals surface area contributed by atoms with E-state index in [0.717, 1.165) is 35.0 Å². The van der Waals surface area contributed by atoms with Crippen molar-refractivity contribution in [2.24, 2.45) is 4.99 Å². The van der Waals surface area contributed by atoms with Crippen LogP contribution in [0.25, 0.3) is 10.2 Å². The van der Waals surface area contributed by atoms with Gasteiger partial charge in [-0.3, -0.25) is 9.52 Å². The number of rotatable bonds is 9. The van der Waals surface area contributed by atoms with Gasteiger partial charge in [0.1, 0.15) is 0 Å². The van der Waals surface area contributed by atoms with Gasteiger partial charge >= 0.3 is 0 Å². The number of unbranched alkanes of at least 4 members (excludes halogenated alkanes) is 1. The highest BCUT2D eigenvalue weighted by molar-refractivity contribution is 7.92.